The van der Waals surface area contributed by atoms with Crippen LogP contribution < -0.4 is 4.74 Å². The SMILES string of the molecule is C=C(Br)Cn1c(C(CC)Oc2cccc(C)c2)nc2ccccc21. The van der Waals surface area contributed by atoms with Crippen LogP contribution in [0.3, 0.4) is 0 Å². The molecule has 0 aliphatic heterocycles. The number of halogens is 1. The zero-order chi connectivity index (χ0) is 17.1. The van der Waals surface area contributed by atoms with Crippen molar-refractivity contribution in [3.8, 4) is 5.75 Å². The zero-order valence-electron chi connectivity index (χ0n) is 14.0. The molecule has 0 radical (unpaired) electrons. The van der Waals surface area contributed by atoms with Gasteiger partial charge in [-0.1, -0.05) is 53.7 Å². The first-order valence-electron chi connectivity index (χ1n) is 8.10. The first-order chi connectivity index (χ1) is 11.6. The number of imidazole rings is 1. The number of para-hydroxylation sites is 2. The highest BCUT2D eigenvalue weighted by molar-refractivity contribution is 9.11. The quantitative estimate of drug-likeness (QED) is 0.538. The van der Waals surface area contributed by atoms with Gasteiger partial charge in [-0.25, -0.2) is 4.98 Å². The van der Waals surface area contributed by atoms with E-state index < -0.39 is 0 Å². The number of ether oxygens (including phenoxy) is 1. The van der Waals surface area contributed by atoms with E-state index in [2.05, 4.69) is 59.1 Å². The maximum atomic E-state index is 6.25. The van der Waals surface area contributed by atoms with Crippen molar-refractivity contribution in [1.29, 1.82) is 0 Å². The number of aryl methyl sites for hydroxylation is 1. The molecule has 0 aliphatic rings. The second-order valence-electron chi connectivity index (χ2n) is 5.89. The lowest BCUT2D eigenvalue weighted by Crippen LogP contribution is -2.14. The maximum Gasteiger partial charge on any atom is 0.156 e. The molecule has 24 heavy (non-hydrogen) atoms. The van der Waals surface area contributed by atoms with Crippen LogP contribution in [0.1, 0.15) is 30.8 Å². The van der Waals surface area contributed by atoms with Crippen LogP contribution in [-0.4, -0.2) is 9.55 Å². The highest BCUT2D eigenvalue weighted by Gasteiger charge is 2.20. The molecule has 0 spiro atoms. The van der Waals surface area contributed by atoms with E-state index in [1.54, 1.807) is 0 Å². The van der Waals surface area contributed by atoms with Crippen LogP contribution >= 0.6 is 15.9 Å². The van der Waals surface area contributed by atoms with Crippen LogP contribution in [0.25, 0.3) is 11.0 Å². The van der Waals surface area contributed by atoms with Gasteiger partial charge in [0.25, 0.3) is 0 Å². The van der Waals surface area contributed by atoms with Crippen LogP contribution in [0.5, 0.6) is 5.75 Å². The van der Waals surface area contributed by atoms with E-state index in [0.29, 0.717) is 6.54 Å². The molecule has 1 atom stereocenters. The first-order valence-corrected chi connectivity index (χ1v) is 8.89. The van der Waals surface area contributed by atoms with E-state index in [1.807, 2.05) is 30.3 Å². The first kappa shape index (κ1) is 16.8. The number of allylic oxidation sites excluding steroid dienone is 1. The van der Waals surface area contributed by atoms with Gasteiger partial charge in [0.2, 0.25) is 0 Å². The van der Waals surface area contributed by atoms with Gasteiger partial charge in [0.15, 0.2) is 11.9 Å². The fraction of sp³-hybridized carbons (Fsp3) is 0.250. The molecule has 4 heteroatoms. The number of benzene rings is 2. The molecule has 0 bridgehead atoms. The Hall–Kier alpha value is -2.07. The summed E-state index contributed by atoms with van der Waals surface area (Å²) in [6, 6.07) is 16.3. The second kappa shape index (κ2) is 7.22. The summed E-state index contributed by atoms with van der Waals surface area (Å²) >= 11 is 3.48. The third-order valence-electron chi connectivity index (χ3n) is 3.94. The smallest absolute Gasteiger partial charge is 0.156 e. The molecule has 0 saturated heterocycles. The normalized spacial score (nSPS) is 12.3. The Balaban J connectivity index is 2.03. The highest BCUT2D eigenvalue weighted by Crippen LogP contribution is 2.29. The summed E-state index contributed by atoms with van der Waals surface area (Å²) in [4.78, 5) is 4.83. The van der Waals surface area contributed by atoms with Crippen LogP contribution in [-0.2, 0) is 6.54 Å². The van der Waals surface area contributed by atoms with E-state index in [-0.39, 0.29) is 6.10 Å². The Morgan fingerprint density at radius 3 is 2.75 bits per heavy atom. The third-order valence-corrected chi connectivity index (χ3v) is 4.19. The summed E-state index contributed by atoms with van der Waals surface area (Å²) in [5, 5.41) is 0. The Morgan fingerprint density at radius 1 is 1.25 bits per heavy atom. The standard InChI is InChI=1S/C20H21BrN2O/c1-4-19(24-16-9-7-8-14(2)12-16)20-22-17-10-5-6-11-18(17)23(20)13-15(3)21/h5-12,19H,3-4,13H2,1-2H3. The van der Waals surface area contributed by atoms with Crippen LogP contribution in [0.2, 0.25) is 0 Å². The van der Waals surface area contributed by atoms with Crippen molar-refractivity contribution in [3.63, 3.8) is 0 Å². The maximum absolute atomic E-state index is 6.25. The molecule has 0 N–H and O–H groups in total. The number of rotatable bonds is 6. The summed E-state index contributed by atoms with van der Waals surface area (Å²) in [7, 11) is 0. The monoisotopic (exact) mass is 384 g/mol. The number of hydrogen-bond acceptors (Lipinski definition) is 2. The molecule has 3 nitrogen and oxygen atoms in total. The summed E-state index contributed by atoms with van der Waals surface area (Å²) < 4.78 is 9.35. The zero-order valence-corrected chi connectivity index (χ0v) is 15.6. The fourth-order valence-electron chi connectivity index (χ4n) is 2.85. The van der Waals surface area contributed by atoms with Crippen molar-refractivity contribution in [2.75, 3.05) is 0 Å². The number of aromatic nitrogens is 2. The molecular formula is C20H21BrN2O. The van der Waals surface area contributed by atoms with E-state index in [4.69, 9.17) is 9.72 Å². The van der Waals surface area contributed by atoms with Crippen molar-refractivity contribution in [3.05, 3.63) is 71.0 Å². The molecule has 0 amide bonds. The van der Waals surface area contributed by atoms with Crippen molar-refractivity contribution >= 4 is 27.0 Å². The van der Waals surface area contributed by atoms with Gasteiger partial charge in [0.1, 0.15) is 5.75 Å². The molecule has 1 heterocycles. The topological polar surface area (TPSA) is 27.1 Å². The number of hydrogen-bond donors (Lipinski definition) is 0. The molecule has 0 fully saturated rings. The van der Waals surface area contributed by atoms with Gasteiger partial charge < -0.3 is 9.30 Å². The number of nitrogens with zero attached hydrogens (tertiary/aromatic N) is 2. The second-order valence-corrected chi connectivity index (χ2v) is 7.01. The van der Waals surface area contributed by atoms with Crippen molar-refractivity contribution < 1.29 is 4.74 Å². The summed E-state index contributed by atoms with van der Waals surface area (Å²) in [5.74, 6) is 1.80. The molecule has 1 aromatic heterocycles. The van der Waals surface area contributed by atoms with Crippen molar-refractivity contribution in [2.45, 2.75) is 32.9 Å². The van der Waals surface area contributed by atoms with Crippen LogP contribution in [0.15, 0.2) is 59.6 Å². The Kier molecular flexibility index (Phi) is 5.05. The summed E-state index contributed by atoms with van der Waals surface area (Å²) in [6.45, 7) is 8.84. The van der Waals surface area contributed by atoms with Crippen molar-refractivity contribution in [2.24, 2.45) is 0 Å². The Labute approximate surface area is 151 Å². The third kappa shape index (κ3) is 3.54. The Bertz CT molecular complexity index is 869. The van der Waals surface area contributed by atoms with Gasteiger partial charge >= 0.3 is 0 Å². The summed E-state index contributed by atoms with van der Waals surface area (Å²) in [6.07, 6.45) is 0.734. The van der Waals surface area contributed by atoms with Gasteiger partial charge in [0, 0.05) is 4.48 Å². The lowest BCUT2D eigenvalue weighted by Gasteiger charge is -2.19. The van der Waals surface area contributed by atoms with Gasteiger partial charge in [-0.15, -0.1) is 0 Å². The van der Waals surface area contributed by atoms with E-state index in [9.17, 15) is 0 Å². The molecule has 3 aromatic rings. The molecule has 124 valence electrons. The molecule has 3 rings (SSSR count). The van der Waals surface area contributed by atoms with E-state index in [0.717, 1.165) is 33.5 Å². The van der Waals surface area contributed by atoms with Gasteiger partial charge in [-0.2, -0.15) is 0 Å². The minimum absolute atomic E-state index is 0.106. The number of fused-ring (bicyclic) bond motifs is 1. The predicted molar refractivity (Wildman–Crippen MR) is 103 cm³/mol. The van der Waals surface area contributed by atoms with Gasteiger partial charge in [0.05, 0.1) is 17.6 Å². The lowest BCUT2D eigenvalue weighted by molar-refractivity contribution is 0.187. The van der Waals surface area contributed by atoms with Gasteiger partial charge in [-0.3, -0.25) is 0 Å². The summed E-state index contributed by atoms with van der Waals surface area (Å²) in [5.41, 5.74) is 3.26. The van der Waals surface area contributed by atoms with E-state index in [1.165, 1.54) is 5.56 Å². The van der Waals surface area contributed by atoms with Crippen molar-refractivity contribution in [1.82, 2.24) is 9.55 Å². The van der Waals surface area contributed by atoms with Crippen LogP contribution in [0, 0.1) is 6.92 Å². The fourth-order valence-corrected chi connectivity index (χ4v) is 3.10. The minimum atomic E-state index is -0.106. The molecule has 2 aromatic carbocycles. The largest absolute Gasteiger partial charge is 0.483 e. The molecular weight excluding hydrogens is 364 g/mol. The molecule has 0 aliphatic carbocycles. The molecule has 1 unspecified atom stereocenters. The van der Waals surface area contributed by atoms with E-state index >= 15 is 0 Å². The van der Waals surface area contributed by atoms with Crippen LogP contribution in [0.4, 0.5) is 0 Å². The minimum Gasteiger partial charge on any atom is -0.483 e. The Morgan fingerprint density at radius 2 is 2.04 bits per heavy atom. The average molecular weight is 385 g/mol. The average Bonchev–Trinajstić information content (AvgIpc) is 2.91. The molecule has 0 saturated carbocycles. The predicted octanol–water partition coefficient (Wildman–Crippen LogP) is 5.78. The van der Waals surface area contributed by atoms with Gasteiger partial charge in [-0.05, 0) is 43.2 Å². The highest BCUT2D eigenvalue weighted by atomic mass is 79.9. The lowest BCUT2D eigenvalue weighted by atomic mass is 10.2.